The van der Waals surface area contributed by atoms with E-state index in [-0.39, 0.29) is 6.61 Å². The predicted octanol–water partition coefficient (Wildman–Crippen LogP) is 2.17. The molecule has 0 heterocycles. The molecule has 1 atom stereocenters. The first-order valence-corrected chi connectivity index (χ1v) is 6.25. The highest BCUT2D eigenvalue weighted by atomic mass is 16.5. The summed E-state index contributed by atoms with van der Waals surface area (Å²) in [5.74, 6) is 0.734. The molecule has 1 aromatic rings. The van der Waals surface area contributed by atoms with E-state index in [1.807, 2.05) is 24.3 Å². The van der Waals surface area contributed by atoms with Crippen molar-refractivity contribution in [2.75, 3.05) is 33.5 Å². The van der Waals surface area contributed by atoms with E-state index in [1.54, 1.807) is 7.11 Å². The van der Waals surface area contributed by atoms with Crippen molar-refractivity contribution >= 4 is 0 Å². The third-order valence-corrected chi connectivity index (χ3v) is 2.47. The quantitative estimate of drug-likeness (QED) is 0.686. The summed E-state index contributed by atoms with van der Waals surface area (Å²) < 4.78 is 15.7. The molecule has 1 unspecified atom stereocenters. The average Bonchev–Trinajstić information content (AvgIpc) is 2.42. The normalized spacial score (nSPS) is 12.4. The van der Waals surface area contributed by atoms with E-state index in [2.05, 4.69) is 6.92 Å². The highest BCUT2D eigenvalue weighted by Crippen LogP contribution is 2.19. The van der Waals surface area contributed by atoms with Gasteiger partial charge in [0.15, 0.2) is 0 Å². The van der Waals surface area contributed by atoms with Gasteiger partial charge < -0.3 is 19.3 Å². The number of ether oxygens (including phenoxy) is 3. The fraction of sp³-hybridized carbons (Fsp3) is 0.571. The van der Waals surface area contributed by atoms with Gasteiger partial charge in [-0.3, -0.25) is 0 Å². The summed E-state index contributed by atoms with van der Waals surface area (Å²) in [5, 5.41) is 9.92. The first-order valence-electron chi connectivity index (χ1n) is 6.25. The molecule has 0 amide bonds. The Morgan fingerprint density at radius 2 is 1.94 bits per heavy atom. The van der Waals surface area contributed by atoms with Gasteiger partial charge in [0.25, 0.3) is 0 Å². The molecule has 0 aromatic heterocycles. The van der Waals surface area contributed by atoms with E-state index in [1.165, 1.54) is 0 Å². The van der Waals surface area contributed by atoms with Crippen LogP contribution in [-0.2, 0) is 9.47 Å². The summed E-state index contributed by atoms with van der Waals surface area (Å²) in [6, 6.07) is 7.35. The number of aliphatic hydroxyl groups is 1. The number of rotatable bonds is 9. The molecule has 4 nitrogen and oxygen atoms in total. The number of benzene rings is 1. The van der Waals surface area contributed by atoms with Gasteiger partial charge in [0.1, 0.15) is 11.9 Å². The summed E-state index contributed by atoms with van der Waals surface area (Å²) in [5.41, 5.74) is 0.795. The minimum absolute atomic E-state index is 0.267. The first kappa shape index (κ1) is 15.0. The molecule has 102 valence electrons. The largest absolute Gasteiger partial charge is 0.497 e. The van der Waals surface area contributed by atoms with Gasteiger partial charge in [-0.15, -0.1) is 0 Å². The zero-order valence-corrected chi connectivity index (χ0v) is 11.1. The molecule has 1 aromatic carbocycles. The monoisotopic (exact) mass is 254 g/mol. The van der Waals surface area contributed by atoms with Crippen LogP contribution in [0.5, 0.6) is 5.75 Å². The number of aliphatic hydroxyl groups excluding tert-OH is 1. The van der Waals surface area contributed by atoms with Gasteiger partial charge in [0.05, 0.1) is 26.9 Å². The highest BCUT2D eigenvalue weighted by Gasteiger charge is 2.08. The Labute approximate surface area is 108 Å². The van der Waals surface area contributed by atoms with Crippen LogP contribution in [0.1, 0.15) is 25.0 Å². The Morgan fingerprint density at radius 1 is 1.17 bits per heavy atom. The summed E-state index contributed by atoms with van der Waals surface area (Å²) in [7, 11) is 1.60. The van der Waals surface area contributed by atoms with Crippen molar-refractivity contribution in [1.82, 2.24) is 0 Å². The average molecular weight is 254 g/mol. The van der Waals surface area contributed by atoms with Crippen LogP contribution in [-0.4, -0.2) is 38.6 Å². The van der Waals surface area contributed by atoms with Crippen molar-refractivity contribution in [1.29, 1.82) is 0 Å². The molecule has 0 aliphatic heterocycles. The maximum Gasteiger partial charge on any atom is 0.119 e. The zero-order valence-electron chi connectivity index (χ0n) is 11.1. The van der Waals surface area contributed by atoms with Gasteiger partial charge in [-0.25, -0.2) is 0 Å². The van der Waals surface area contributed by atoms with Crippen molar-refractivity contribution < 1.29 is 19.3 Å². The fourth-order valence-corrected chi connectivity index (χ4v) is 1.50. The van der Waals surface area contributed by atoms with Crippen molar-refractivity contribution in [2.45, 2.75) is 19.4 Å². The third kappa shape index (κ3) is 5.49. The van der Waals surface area contributed by atoms with Crippen molar-refractivity contribution in [3.05, 3.63) is 29.8 Å². The van der Waals surface area contributed by atoms with Gasteiger partial charge in [-0.2, -0.15) is 0 Å². The van der Waals surface area contributed by atoms with Gasteiger partial charge in [-0.05, 0) is 24.1 Å². The lowest BCUT2D eigenvalue weighted by Crippen LogP contribution is -2.11. The van der Waals surface area contributed by atoms with E-state index in [0.717, 1.165) is 24.3 Å². The molecule has 4 heteroatoms. The molecule has 18 heavy (non-hydrogen) atoms. The van der Waals surface area contributed by atoms with Gasteiger partial charge in [-0.1, -0.05) is 19.1 Å². The summed E-state index contributed by atoms with van der Waals surface area (Å²) in [6.45, 7) is 4.15. The molecule has 0 aliphatic rings. The van der Waals surface area contributed by atoms with E-state index in [4.69, 9.17) is 14.2 Å². The van der Waals surface area contributed by atoms with Gasteiger partial charge in [0, 0.05) is 6.61 Å². The molecular weight excluding hydrogens is 232 g/mol. The molecule has 0 aliphatic carbocycles. The van der Waals surface area contributed by atoms with Crippen LogP contribution in [0, 0.1) is 0 Å². The Bertz CT molecular complexity index is 327. The van der Waals surface area contributed by atoms with E-state index < -0.39 is 6.10 Å². The first-order chi connectivity index (χ1) is 8.77. The summed E-state index contributed by atoms with van der Waals surface area (Å²) in [4.78, 5) is 0. The molecule has 1 N–H and O–H groups in total. The van der Waals surface area contributed by atoms with Crippen LogP contribution in [0.15, 0.2) is 24.3 Å². The molecule has 0 saturated heterocycles. The second-order valence-corrected chi connectivity index (χ2v) is 3.98. The zero-order chi connectivity index (χ0) is 13.2. The lowest BCUT2D eigenvalue weighted by atomic mass is 10.1. The standard InChI is InChI=1S/C14H22O4/c1-3-7-17-8-9-18-11-14(15)12-5-4-6-13(10-12)16-2/h4-6,10,14-15H,3,7-9,11H2,1-2H3. The summed E-state index contributed by atoms with van der Waals surface area (Å²) in [6.07, 6.45) is 0.373. The number of methoxy groups -OCH3 is 1. The molecule has 0 fully saturated rings. The molecule has 0 radical (unpaired) electrons. The van der Waals surface area contributed by atoms with Crippen LogP contribution < -0.4 is 4.74 Å². The van der Waals surface area contributed by atoms with Crippen molar-refractivity contribution in [3.8, 4) is 5.75 Å². The maximum atomic E-state index is 9.92. The van der Waals surface area contributed by atoms with Crippen LogP contribution in [0.4, 0.5) is 0 Å². The smallest absolute Gasteiger partial charge is 0.119 e. The van der Waals surface area contributed by atoms with Gasteiger partial charge >= 0.3 is 0 Å². The summed E-state index contributed by atoms with van der Waals surface area (Å²) >= 11 is 0. The topological polar surface area (TPSA) is 47.9 Å². The van der Waals surface area contributed by atoms with Crippen molar-refractivity contribution in [3.63, 3.8) is 0 Å². The fourth-order valence-electron chi connectivity index (χ4n) is 1.50. The van der Waals surface area contributed by atoms with E-state index in [0.29, 0.717) is 13.2 Å². The Morgan fingerprint density at radius 3 is 2.67 bits per heavy atom. The van der Waals surface area contributed by atoms with Gasteiger partial charge in [0.2, 0.25) is 0 Å². The highest BCUT2D eigenvalue weighted by molar-refractivity contribution is 5.29. The molecule has 0 spiro atoms. The minimum Gasteiger partial charge on any atom is -0.497 e. The maximum absolute atomic E-state index is 9.92. The molecule has 0 bridgehead atoms. The van der Waals surface area contributed by atoms with Crippen LogP contribution in [0.25, 0.3) is 0 Å². The second-order valence-electron chi connectivity index (χ2n) is 3.98. The lowest BCUT2D eigenvalue weighted by Gasteiger charge is -2.12. The Kier molecular flexibility index (Phi) is 7.41. The predicted molar refractivity (Wildman–Crippen MR) is 69.9 cm³/mol. The van der Waals surface area contributed by atoms with Crippen LogP contribution in [0.2, 0.25) is 0 Å². The van der Waals surface area contributed by atoms with Crippen molar-refractivity contribution in [2.24, 2.45) is 0 Å². The minimum atomic E-state index is -0.633. The molecule has 1 rings (SSSR count). The number of hydrogen-bond donors (Lipinski definition) is 1. The Balaban J connectivity index is 2.25. The number of hydrogen-bond acceptors (Lipinski definition) is 4. The second kappa shape index (κ2) is 8.91. The molecule has 0 saturated carbocycles. The Hall–Kier alpha value is -1.10. The SMILES string of the molecule is CCCOCCOCC(O)c1cccc(OC)c1. The van der Waals surface area contributed by atoms with E-state index >= 15 is 0 Å². The third-order valence-electron chi connectivity index (χ3n) is 2.47. The van der Waals surface area contributed by atoms with Crippen LogP contribution in [0.3, 0.4) is 0 Å². The van der Waals surface area contributed by atoms with Crippen LogP contribution >= 0.6 is 0 Å². The molecular formula is C14H22O4. The van der Waals surface area contributed by atoms with E-state index in [9.17, 15) is 5.11 Å². The lowest BCUT2D eigenvalue weighted by molar-refractivity contribution is 0.00321.